The predicted molar refractivity (Wildman–Crippen MR) is 82.8 cm³/mol. The van der Waals surface area contributed by atoms with Crippen LogP contribution in [0, 0.1) is 0 Å². The molecule has 0 spiro atoms. The number of carboxylic acids is 1. The van der Waals surface area contributed by atoms with E-state index in [-0.39, 0.29) is 6.54 Å². The molecule has 120 valence electrons. The van der Waals surface area contributed by atoms with Gasteiger partial charge in [-0.15, -0.1) is 0 Å². The van der Waals surface area contributed by atoms with E-state index in [1.54, 1.807) is 20.8 Å². The van der Waals surface area contributed by atoms with E-state index >= 15 is 0 Å². The molecule has 5 nitrogen and oxygen atoms in total. The second kappa shape index (κ2) is 5.99. The molecule has 1 fully saturated rings. The highest BCUT2D eigenvalue weighted by molar-refractivity contribution is 5.83. The normalized spacial score (nSPS) is 22.2. The number of carbonyl (C=O) groups is 2. The maximum atomic E-state index is 12.3. The number of hydrogen-bond donors (Lipinski definition) is 1. The van der Waals surface area contributed by atoms with Crippen LogP contribution in [0.3, 0.4) is 0 Å². The van der Waals surface area contributed by atoms with Gasteiger partial charge < -0.3 is 14.7 Å². The fraction of sp³-hybridized carbons (Fsp3) is 0.529. The average molecular weight is 305 g/mol. The van der Waals surface area contributed by atoms with Crippen LogP contribution in [0.2, 0.25) is 0 Å². The van der Waals surface area contributed by atoms with Gasteiger partial charge in [0.1, 0.15) is 11.0 Å². The number of likely N-dealkylation sites (tertiary alicyclic amines) is 1. The largest absolute Gasteiger partial charge is 0.481 e. The van der Waals surface area contributed by atoms with Crippen LogP contribution in [0.25, 0.3) is 0 Å². The van der Waals surface area contributed by atoms with Crippen molar-refractivity contribution in [3.63, 3.8) is 0 Å². The number of carbonyl (C=O) groups excluding carboxylic acids is 1. The van der Waals surface area contributed by atoms with Gasteiger partial charge >= 0.3 is 12.1 Å². The number of nitrogens with zero attached hydrogens (tertiary/aromatic N) is 1. The Hall–Kier alpha value is -2.04. The molecular formula is C17H23NO4. The summed E-state index contributed by atoms with van der Waals surface area (Å²) in [6, 6.07) is 9.13. The average Bonchev–Trinajstić information content (AvgIpc) is 2.46. The highest BCUT2D eigenvalue weighted by atomic mass is 16.6. The van der Waals surface area contributed by atoms with Crippen LogP contribution in [0.5, 0.6) is 0 Å². The number of hydrogen-bond acceptors (Lipinski definition) is 3. The molecule has 22 heavy (non-hydrogen) atoms. The van der Waals surface area contributed by atoms with E-state index in [0.717, 1.165) is 5.56 Å². The Labute approximate surface area is 130 Å². The molecule has 0 aliphatic carbocycles. The van der Waals surface area contributed by atoms with Crippen LogP contribution < -0.4 is 0 Å². The van der Waals surface area contributed by atoms with Gasteiger partial charge in [0.15, 0.2) is 0 Å². The SMILES string of the molecule is CC(C)(C)OC(=O)N1CCC[C@@](C(=O)O)(c2ccccc2)C1. The Bertz CT molecular complexity index is 550. The highest BCUT2D eigenvalue weighted by Gasteiger charge is 2.45. The minimum Gasteiger partial charge on any atom is -0.481 e. The highest BCUT2D eigenvalue weighted by Crippen LogP contribution is 2.35. The Morgan fingerprint density at radius 2 is 1.86 bits per heavy atom. The summed E-state index contributed by atoms with van der Waals surface area (Å²) in [6.07, 6.45) is 0.709. The summed E-state index contributed by atoms with van der Waals surface area (Å²) in [5, 5.41) is 9.80. The summed E-state index contributed by atoms with van der Waals surface area (Å²) in [4.78, 5) is 25.7. The van der Waals surface area contributed by atoms with E-state index in [1.165, 1.54) is 4.90 Å². The van der Waals surface area contributed by atoms with Gasteiger partial charge in [-0.05, 0) is 39.2 Å². The molecule has 1 atom stereocenters. The minimum atomic E-state index is -1.06. The lowest BCUT2D eigenvalue weighted by atomic mass is 9.74. The van der Waals surface area contributed by atoms with Gasteiger partial charge in [-0.2, -0.15) is 0 Å². The molecule has 0 radical (unpaired) electrons. The quantitative estimate of drug-likeness (QED) is 0.912. The van der Waals surface area contributed by atoms with Crippen molar-refractivity contribution in [1.82, 2.24) is 4.90 Å². The van der Waals surface area contributed by atoms with Crippen molar-refractivity contribution in [2.75, 3.05) is 13.1 Å². The summed E-state index contributed by atoms with van der Waals surface area (Å²) < 4.78 is 5.38. The number of carboxylic acid groups (broad SMARTS) is 1. The number of ether oxygens (including phenoxy) is 1. The van der Waals surface area contributed by atoms with Gasteiger partial charge in [-0.3, -0.25) is 4.79 Å². The fourth-order valence-electron chi connectivity index (χ4n) is 2.83. The summed E-state index contributed by atoms with van der Waals surface area (Å²) >= 11 is 0. The molecule has 0 unspecified atom stereocenters. The van der Waals surface area contributed by atoms with Crippen molar-refractivity contribution in [1.29, 1.82) is 0 Å². The van der Waals surface area contributed by atoms with E-state index in [4.69, 9.17) is 4.74 Å². The molecule has 1 N–H and O–H groups in total. The van der Waals surface area contributed by atoms with Crippen molar-refractivity contribution >= 4 is 12.1 Å². The molecular weight excluding hydrogens is 282 g/mol. The Morgan fingerprint density at radius 1 is 1.23 bits per heavy atom. The van der Waals surface area contributed by atoms with Gasteiger partial charge in [0.05, 0.1) is 0 Å². The summed E-state index contributed by atoms with van der Waals surface area (Å²) in [5.41, 5.74) is -0.917. The molecule has 1 aliphatic rings. The lowest BCUT2D eigenvalue weighted by Gasteiger charge is -2.40. The fourth-order valence-corrected chi connectivity index (χ4v) is 2.83. The van der Waals surface area contributed by atoms with Crippen molar-refractivity contribution < 1.29 is 19.4 Å². The van der Waals surface area contributed by atoms with E-state index in [1.807, 2.05) is 30.3 Å². The van der Waals surface area contributed by atoms with Crippen molar-refractivity contribution in [2.24, 2.45) is 0 Å². The van der Waals surface area contributed by atoms with Crippen molar-refractivity contribution in [2.45, 2.75) is 44.6 Å². The number of aliphatic carboxylic acids is 1. The zero-order valence-corrected chi connectivity index (χ0v) is 13.3. The van der Waals surface area contributed by atoms with Gasteiger partial charge in [-0.25, -0.2) is 4.79 Å². The number of amides is 1. The van der Waals surface area contributed by atoms with Gasteiger partial charge in [0.25, 0.3) is 0 Å². The first-order valence-electron chi connectivity index (χ1n) is 7.51. The third-order valence-electron chi connectivity index (χ3n) is 3.88. The lowest BCUT2D eigenvalue weighted by molar-refractivity contribution is -0.146. The van der Waals surface area contributed by atoms with Crippen LogP contribution in [-0.4, -0.2) is 40.8 Å². The van der Waals surface area contributed by atoms with Crippen LogP contribution in [0.4, 0.5) is 4.79 Å². The molecule has 1 aromatic rings. The zero-order chi connectivity index (χ0) is 16.4. The van der Waals surface area contributed by atoms with Crippen LogP contribution in [0.15, 0.2) is 30.3 Å². The van der Waals surface area contributed by atoms with Crippen molar-refractivity contribution in [3.8, 4) is 0 Å². The number of rotatable bonds is 2. The summed E-state index contributed by atoms with van der Waals surface area (Å²) in [5.74, 6) is -0.896. The van der Waals surface area contributed by atoms with E-state index in [9.17, 15) is 14.7 Å². The first-order valence-corrected chi connectivity index (χ1v) is 7.51. The first kappa shape index (κ1) is 16.3. The Morgan fingerprint density at radius 3 is 2.41 bits per heavy atom. The Balaban J connectivity index is 2.26. The second-order valence-electron chi connectivity index (χ2n) is 6.76. The van der Waals surface area contributed by atoms with E-state index in [0.29, 0.717) is 19.4 Å². The topological polar surface area (TPSA) is 66.8 Å². The number of benzene rings is 1. The third-order valence-corrected chi connectivity index (χ3v) is 3.88. The number of piperidine rings is 1. The van der Waals surface area contributed by atoms with Gasteiger partial charge in [0, 0.05) is 13.1 Å². The molecule has 0 saturated carbocycles. The second-order valence-corrected chi connectivity index (χ2v) is 6.76. The van der Waals surface area contributed by atoms with Gasteiger partial charge in [-0.1, -0.05) is 30.3 Å². The van der Waals surface area contributed by atoms with Crippen LogP contribution in [0.1, 0.15) is 39.2 Å². The molecule has 1 heterocycles. The standard InChI is InChI=1S/C17H23NO4/c1-16(2,3)22-15(21)18-11-7-10-17(12-18,14(19)20)13-8-5-4-6-9-13/h4-6,8-9H,7,10-12H2,1-3H3,(H,19,20)/t17-/m0/s1. The van der Waals surface area contributed by atoms with E-state index in [2.05, 4.69) is 0 Å². The zero-order valence-electron chi connectivity index (χ0n) is 13.3. The summed E-state index contributed by atoms with van der Waals surface area (Å²) in [6.45, 7) is 6.07. The Kier molecular flexibility index (Phi) is 4.44. The van der Waals surface area contributed by atoms with Crippen LogP contribution in [-0.2, 0) is 14.9 Å². The maximum absolute atomic E-state index is 12.3. The molecule has 1 aromatic carbocycles. The monoisotopic (exact) mass is 305 g/mol. The lowest BCUT2D eigenvalue weighted by Crippen LogP contribution is -2.53. The van der Waals surface area contributed by atoms with Gasteiger partial charge in [0.2, 0.25) is 0 Å². The minimum absolute atomic E-state index is 0.140. The predicted octanol–water partition coefficient (Wildman–Crippen LogP) is 3.04. The first-order chi connectivity index (χ1) is 10.2. The molecule has 1 saturated heterocycles. The molecule has 0 bridgehead atoms. The molecule has 1 amide bonds. The maximum Gasteiger partial charge on any atom is 0.410 e. The molecule has 0 aromatic heterocycles. The van der Waals surface area contributed by atoms with Crippen LogP contribution >= 0.6 is 0 Å². The van der Waals surface area contributed by atoms with Crippen molar-refractivity contribution in [3.05, 3.63) is 35.9 Å². The molecule has 1 aliphatic heterocycles. The summed E-state index contributed by atoms with van der Waals surface area (Å²) in [7, 11) is 0. The van der Waals surface area contributed by atoms with E-state index < -0.39 is 23.1 Å². The molecule has 2 rings (SSSR count). The smallest absolute Gasteiger partial charge is 0.410 e. The molecule has 5 heteroatoms. The third kappa shape index (κ3) is 3.40.